The van der Waals surface area contributed by atoms with E-state index >= 15 is 0 Å². The molecule has 1 N–H and O–H groups in total. The fraction of sp³-hybridized carbons (Fsp3) is 0.471. The molecule has 1 aromatic carbocycles. The molecule has 142 valence electrons. The lowest BCUT2D eigenvalue weighted by molar-refractivity contribution is 0.371. The number of piperazine rings is 1. The normalized spacial score (nSPS) is 14.8. The van der Waals surface area contributed by atoms with Crippen LogP contribution in [0.2, 0.25) is 0 Å². The molecule has 0 saturated carbocycles. The first-order valence-electron chi connectivity index (χ1n) is 8.38. The third kappa shape index (κ3) is 4.77. The summed E-state index contributed by atoms with van der Waals surface area (Å²) in [6.07, 6.45) is 1.70. The lowest BCUT2D eigenvalue weighted by atomic mass is 10.2. The SMILES string of the molecule is CN=C(NCc1nncn1C)N1CCN(c2ccc(OC)cc2)CC1.I. The molecule has 1 aliphatic heterocycles. The van der Waals surface area contributed by atoms with Crippen LogP contribution in [-0.2, 0) is 13.6 Å². The van der Waals surface area contributed by atoms with Crippen LogP contribution >= 0.6 is 24.0 Å². The van der Waals surface area contributed by atoms with Crippen LogP contribution in [0.15, 0.2) is 35.6 Å². The highest BCUT2D eigenvalue weighted by atomic mass is 127. The minimum absolute atomic E-state index is 0. The molecular weight excluding hydrogens is 445 g/mol. The van der Waals surface area contributed by atoms with Gasteiger partial charge in [0, 0.05) is 46.0 Å². The number of nitrogens with one attached hydrogen (secondary N) is 1. The molecular formula is C17H26IN7O. The Morgan fingerprint density at radius 2 is 1.88 bits per heavy atom. The van der Waals surface area contributed by atoms with Gasteiger partial charge in [0.15, 0.2) is 11.8 Å². The maximum Gasteiger partial charge on any atom is 0.194 e. The molecule has 0 amide bonds. The molecule has 1 saturated heterocycles. The fourth-order valence-electron chi connectivity index (χ4n) is 2.93. The zero-order valence-corrected chi connectivity index (χ0v) is 17.8. The van der Waals surface area contributed by atoms with Gasteiger partial charge in [-0.1, -0.05) is 0 Å². The molecule has 26 heavy (non-hydrogen) atoms. The van der Waals surface area contributed by atoms with Gasteiger partial charge in [0.25, 0.3) is 0 Å². The Balaban J connectivity index is 0.00000243. The van der Waals surface area contributed by atoms with Crippen molar-refractivity contribution in [3.63, 3.8) is 0 Å². The molecule has 1 aliphatic rings. The number of aliphatic imine (C=N–C) groups is 1. The van der Waals surface area contributed by atoms with Crippen molar-refractivity contribution in [1.82, 2.24) is 25.0 Å². The van der Waals surface area contributed by atoms with Crippen molar-refractivity contribution in [2.45, 2.75) is 6.54 Å². The Bertz CT molecular complexity index is 708. The number of guanidine groups is 1. The van der Waals surface area contributed by atoms with Crippen molar-refractivity contribution in [2.75, 3.05) is 45.2 Å². The summed E-state index contributed by atoms with van der Waals surface area (Å²) in [5.74, 6) is 2.67. The van der Waals surface area contributed by atoms with Gasteiger partial charge in [-0.3, -0.25) is 4.99 Å². The van der Waals surface area contributed by atoms with Gasteiger partial charge in [0.1, 0.15) is 12.1 Å². The molecule has 1 aromatic heterocycles. The third-order valence-corrected chi connectivity index (χ3v) is 4.44. The van der Waals surface area contributed by atoms with E-state index in [0.717, 1.165) is 43.7 Å². The van der Waals surface area contributed by atoms with E-state index in [1.165, 1.54) is 5.69 Å². The van der Waals surface area contributed by atoms with Gasteiger partial charge in [-0.25, -0.2) is 0 Å². The quantitative estimate of drug-likeness (QED) is 0.413. The maximum atomic E-state index is 5.22. The molecule has 0 unspecified atom stereocenters. The number of methoxy groups -OCH3 is 1. The van der Waals surface area contributed by atoms with Gasteiger partial charge >= 0.3 is 0 Å². The largest absolute Gasteiger partial charge is 0.497 e. The van der Waals surface area contributed by atoms with Gasteiger partial charge in [0.05, 0.1) is 13.7 Å². The Kier molecular flexibility index (Phi) is 7.49. The predicted octanol–water partition coefficient (Wildman–Crippen LogP) is 1.34. The molecule has 0 spiro atoms. The number of ether oxygens (including phenoxy) is 1. The average Bonchev–Trinajstić information content (AvgIpc) is 3.08. The highest BCUT2D eigenvalue weighted by molar-refractivity contribution is 14.0. The summed E-state index contributed by atoms with van der Waals surface area (Å²) in [5.41, 5.74) is 1.22. The minimum atomic E-state index is 0. The van der Waals surface area contributed by atoms with E-state index < -0.39 is 0 Å². The third-order valence-electron chi connectivity index (χ3n) is 4.44. The van der Waals surface area contributed by atoms with Gasteiger partial charge in [0.2, 0.25) is 0 Å². The number of rotatable bonds is 4. The Labute approximate surface area is 171 Å². The summed E-state index contributed by atoms with van der Waals surface area (Å²) in [6, 6.07) is 8.22. The number of anilines is 1. The van der Waals surface area contributed by atoms with E-state index in [1.54, 1.807) is 13.4 Å². The van der Waals surface area contributed by atoms with Crippen LogP contribution in [0, 0.1) is 0 Å². The summed E-state index contributed by atoms with van der Waals surface area (Å²) < 4.78 is 7.13. The van der Waals surface area contributed by atoms with Crippen LogP contribution < -0.4 is 15.0 Å². The summed E-state index contributed by atoms with van der Waals surface area (Å²) in [4.78, 5) is 9.06. The number of nitrogens with zero attached hydrogens (tertiary/aromatic N) is 6. The van der Waals surface area contributed by atoms with Gasteiger partial charge in [-0.15, -0.1) is 34.2 Å². The molecule has 0 aliphatic carbocycles. The van der Waals surface area contributed by atoms with Crippen LogP contribution in [0.1, 0.15) is 5.82 Å². The first-order valence-corrected chi connectivity index (χ1v) is 8.38. The van der Waals surface area contributed by atoms with Crippen molar-refractivity contribution in [3.05, 3.63) is 36.4 Å². The standard InChI is InChI=1S/C17H25N7O.HI/c1-18-17(19-12-16-21-20-13-22(16)2)24-10-8-23(9-11-24)14-4-6-15(25-3)7-5-14;/h4-7,13H,8-12H2,1-3H3,(H,18,19);1H. The highest BCUT2D eigenvalue weighted by Gasteiger charge is 2.20. The van der Waals surface area contributed by atoms with Crippen LogP contribution in [-0.4, -0.2) is 66.0 Å². The van der Waals surface area contributed by atoms with Crippen molar-refractivity contribution in [2.24, 2.45) is 12.0 Å². The number of aryl methyl sites for hydroxylation is 1. The molecule has 0 bridgehead atoms. The molecule has 0 radical (unpaired) electrons. The second-order valence-electron chi connectivity index (χ2n) is 5.93. The first-order chi connectivity index (χ1) is 12.2. The number of benzene rings is 1. The highest BCUT2D eigenvalue weighted by Crippen LogP contribution is 2.20. The summed E-state index contributed by atoms with van der Waals surface area (Å²) >= 11 is 0. The van der Waals surface area contributed by atoms with Crippen LogP contribution in [0.3, 0.4) is 0 Å². The van der Waals surface area contributed by atoms with Gasteiger partial charge in [-0.2, -0.15) is 0 Å². The van der Waals surface area contributed by atoms with E-state index in [-0.39, 0.29) is 24.0 Å². The number of aromatic nitrogens is 3. The van der Waals surface area contributed by atoms with E-state index in [4.69, 9.17) is 4.74 Å². The molecule has 9 heteroatoms. The second kappa shape index (κ2) is 9.60. The number of hydrogen-bond acceptors (Lipinski definition) is 5. The topological polar surface area (TPSA) is 70.8 Å². The van der Waals surface area contributed by atoms with Crippen molar-refractivity contribution < 1.29 is 4.74 Å². The predicted molar refractivity (Wildman–Crippen MR) is 113 cm³/mol. The molecule has 2 heterocycles. The minimum Gasteiger partial charge on any atom is -0.497 e. The van der Waals surface area contributed by atoms with E-state index in [1.807, 2.05) is 30.8 Å². The van der Waals surface area contributed by atoms with Crippen molar-refractivity contribution in [3.8, 4) is 5.75 Å². The van der Waals surface area contributed by atoms with E-state index in [2.05, 4.69) is 42.4 Å². The number of halogens is 1. The average molecular weight is 471 g/mol. The second-order valence-corrected chi connectivity index (χ2v) is 5.93. The van der Waals surface area contributed by atoms with Gasteiger partial charge in [-0.05, 0) is 24.3 Å². The first kappa shape index (κ1) is 20.3. The zero-order chi connectivity index (χ0) is 17.6. The van der Waals surface area contributed by atoms with E-state index in [0.29, 0.717) is 6.54 Å². The summed E-state index contributed by atoms with van der Waals surface area (Å²) in [6.45, 7) is 4.37. The molecule has 3 rings (SSSR count). The van der Waals surface area contributed by atoms with Gasteiger partial charge < -0.3 is 24.4 Å². The van der Waals surface area contributed by atoms with Crippen molar-refractivity contribution in [1.29, 1.82) is 0 Å². The Morgan fingerprint density at radius 1 is 1.19 bits per heavy atom. The molecule has 1 fully saturated rings. The lowest BCUT2D eigenvalue weighted by Crippen LogP contribution is -2.52. The summed E-state index contributed by atoms with van der Waals surface area (Å²) in [7, 11) is 5.44. The summed E-state index contributed by atoms with van der Waals surface area (Å²) in [5, 5.41) is 11.4. The monoisotopic (exact) mass is 471 g/mol. The smallest absolute Gasteiger partial charge is 0.194 e. The van der Waals surface area contributed by atoms with Crippen LogP contribution in [0.25, 0.3) is 0 Å². The fourth-order valence-corrected chi connectivity index (χ4v) is 2.93. The molecule has 2 aromatic rings. The molecule has 0 atom stereocenters. The van der Waals surface area contributed by atoms with Crippen LogP contribution in [0.5, 0.6) is 5.75 Å². The Hall–Kier alpha value is -2.04. The maximum absolute atomic E-state index is 5.22. The van der Waals surface area contributed by atoms with E-state index in [9.17, 15) is 0 Å². The lowest BCUT2D eigenvalue weighted by Gasteiger charge is -2.37. The zero-order valence-electron chi connectivity index (χ0n) is 15.4. The molecule has 8 nitrogen and oxygen atoms in total. The number of hydrogen-bond donors (Lipinski definition) is 1. The van der Waals surface area contributed by atoms with Crippen molar-refractivity contribution >= 4 is 35.6 Å². The Morgan fingerprint density at radius 3 is 2.42 bits per heavy atom. The van der Waals surface area contributed by atoms with Crippen LogP contribution in [0.4, 0.5) is 5.69 Å².